The van der Waals surface area contributed by atoms with Crippen molar-refractivity contribution in [2.45, 2.75) is 33.2 Å². The first-order valence-electron chi connectivity index (χ1n) is 9.01. The fourth-order valence-corrected chi connectivity index (χ4v) is 3.88. The molecule has 2 unspecified atom stereocenters. The van der Waals surface area contributed by atoms with Gasteiger partial charge in [0.05, 0.1) is 6.54 Å². The van der Waals surface area contributed by atoms with Gasteiger partial charge >= 0.3 is 0 Å². The maximum Gasteiger partial charge on any atom is 0.234 e. The smallest absolute Gasteiger partial charge is 0.234 e. The van der Waals surface area contributed by atoms with E-state index in [2.05, 4.69) is 28.5 Å². The third-order valence-electron chi connectivity index (χ3n) is 5.14. The van der Waals surface area contributed by atoms with Gasteiger partial charge < -0.3 is 10.6 Å². The van der Waals surface area contributed by atoms with Gasteiger partial charge in [0.1, 0.15) is 0 Å². The third-order valence-corrected chi connectivity index (χ3v) is 5.14. The van der Waals surface area contributed by atoms with Crippen molar-refractivity contribution < 1.29 is 9.59 Å². The molecule has 1 heterocycles. The zero-order valence-electron chi connectivity index (χ0n) is 15.0. The number of benzene rings is 1. The minimum Gasteiger partial charge on any atom is -0.351 e. The number of rotatable bonds is 5. The van der Waals surface area contributed by atoms with Gasteiger partial charge in [0.15, 0.2) is 0 Å². The molecule has 5 nitrogen and oxygen atoms in total. The highest BCUT2D eigenvalue weighted by Gasteiger charge is 2.34. The lowest BCUT2D eigenvalue weighted by Crippen LogP contribution is -2.36. The van der Waals surface area contributed by atoms with Crippen LogP contribution >= 0.6 is 0 Å². The quantitative estimate of drug-likeness (QED) is 0.809. The molecule has 3 rings (SSSR count). The number of nitrogens with one attached hydrogen (secondary N) is 2. The van der Waals surface area contributed by atoms with E-state index in [4.69, 9.17) is 0 Å². The van der Waals surface area contributed by atoms with Gasteiger partial charge in [-0.2, -0.15) is 0 Å². The molecule has 1 aromatic carbocycles. The monoisotopic (exact) mass is 341 g/mol. The summed E-state index contributed by atoms with van der Waals surface area (Å²) in [6.45, 7) is 6.77. The summed E-state index contributed by atoms with van der Waals surface area (Å²) in [6, 6.07) is 7.54. The highest BCUT2D eigenvalue weighted by atomic mass is 16.2. The van der Waals surface area contributed by atoms with Crippen LogP contribution < -0.4 is 10.6 Å². The van der Waals surface area contributed by atoms with Crippen LogP contribution in [-0.2, 0) is 16.1 Å². The number of amides is 2. The lowest BCUT2D eigenvalue weighted by Gasteiger charge is -2.22. The molecule has 2 aliphatic rings. The average molecular weight is 341 g/mol. The maximum atomic E-state index is 12.2. The molecule has 5 heteroatoms. The molecule has 2 N–H and O–H groups in total. The second-order valence-electron chi connectivity index (χ2n) is 7.36. The molecule has 0 aromatic heterocycles. The molecule has 1 aliphatic carbocycles. The Labute approximate surface area is 149 Å². The molecule has 134 valence electrons. The lowest BCUT2D eigenvalue weighted by atomic mass is 9.83. The van der Waals surface area contributed by atoms with E-state index < -0.39 is 0 Å². The normalized spacial score (nSPS) is 22.9. The van der Waals surface area contributed by atoms with Crippen molar-refractivity contribution >= 4 is 17.5 Å². The Bertz CT molecular complexity index is 666. The van der Waals surface area contributed by atoms with Gasteiger partial charge in [0.25, 0.3) is 0 Å². The van der Waals surface area contributed by atoms with E-state index in [9.17, 15) is 9.59 Å². The van der Waals surface area contributed by atoms with E-state index in [1.165, 1.54) is 18.9 Å². The van der Waals surface area contributed by atoms with Gasteiger partial charge in [-0.25, -0.2) is 0 Å². The molecule has 2 atom stereocenters. The zero-order valence-corrected chi connectivity index (χ0v) is 15.0. The van der Waals surface area contributed by atoms with E-state index in [1.54, 1.807) is 0 Å². The molecule has 0 bridgehead atoms. The number of nitrogens with zero attached hydrogens (tertiary/aromatic N) is 1. The number of carbonyl (C=O) groups excluding carboxylic acids is 2. The standard InChI is InChI=1S/C20H27N3O2/c1-14-3-6-17-11-23(12-18(17)9-14)13-20(25)21-10-16-4-7-19(8-5-16)22-15(2)24/h3-5,7-8,17-18H,6,9-13H2,1-2H3,(H,21,25)(H,22,24). The highest BCUT2D eigenvalue weighted by Crippen LogP contribution is 2.35. The number of carbonyl (C=O) groups is 2. The minimum absolute atomic E-state index is 0.0780. The Balaban J connectivity index is 1.42. The van der Waals surface area contributed by atoms with Crippen molar-refractivity contribution in [2.24, 2.45) is 11.8 Å². The Kier molecular flexibility index (Phi) is 5.53. The SMILES string of the molecule is CC(=O)Nc1ccc(CNC(=O)CN2CC3CC=C(C)CC3C2)cc1. The van der Waals surface area contributed by atoms with E-state index in [-0.39, 0.29) is 11.8 Å². The fraction of sp³-hybridized carbons (Fsp3) is 0.500. The molecule has 25 heavy (non-hydrogen) atoms. The number of likely N-dealkylation sites (tertiary alicyclic amines) is 1. The number of fused-ring (bicyclic) bond motifs is 1. The van der Waals surface area contributed by atoms with Crippen LogP contribution in [0.3, 0.4) is 0 Å². The van der Waals surface area contributed by atoms with Gasteiger partial charge in [-0.1, -0.05) is 23.8 Å². The van der Waals surface area contributed by atoms with Gasteiger partial charge in [0.2, 0.25) is 11.8 Å². The van der Waals surface area contributed by atoms with E-state index in [0.29, 0.717) is 13.1 Å². The van der Waals surface area contributed by atoms with Gasteiger partial charge in [0, 0.05) is 32.2 Å². The van der Waals surface area contributed by atoms with Crippen LogP contribution in [0, 0.1) is 11.8 Å². The molecule has 0 saturated carbocycles. The summed E-state index contributed by atoms with van der Waals surface area (Å²) in [5.74, 6) is 1.43. The number of hydrogen-bond donors (Lipinski definition) is 2. The Hall–Kier alpha value is -2.14. The summed E-state index contributed by atoms with van der Waals surface area (Å²) in [4.78, 5) is 25.5. The number of anilines is 1. The van der Waals surface area contributed by atoms with Crippen molar-refractivity contribution in [3.8, 4) is 0 Å². The van der Waals surface area contributed by atoms with E-state index >= 15 is 0 Å². The summed E-state index contributed by atoms with van der Waals surface area (Å²) >= 11 is 0. The van der Waals surface area contributed by atoms with Crippen molar-refractivity contribution in [1.82, 2.24) is 10.2 Å². The van der Waals surface area contributed by atoms with Crippen LogP contribution in [0.4, 0.5) is 5.69 Å². The summed E-state index contributed by atoms with van der Waals surface area (Å²) in [5, 5.41) is 5.73. The van der Waals surface area contributed by atoms with Gasteiger partial charge in [-0.3, -0.25) is 14.5 Å². The van der Waals surface area contributed by atoms with Gasteiger partial charge in [-0.15, -0.1) is 0 Å². The van der Waals surface area contributed by atoms with Crippen LogP contribution in [0.2, 0.25) is 0 Å². The second kappa shape index (κ2) is 7.83. The van der Waals surface area contributed by atoms with Crippen molar-refractivity contribution in [3.05, 3.63) is 41.5 Å². The Morgan fingerprint density at radius 1 is 1.16 bits per heavy atom. The zero-order chi connectivity index (χ0) is 17.8. The van der Waals surface area contributed by atoms with Crippen molar-refractivity contribution in [2.75, 3.05) is 25.0 Å². The lowest BCUT2D eigenvalue weighted by molar-refractivity contribution is -0.122. The molecular weight excluding hydrogens is 314 g/mol. The van der Waals surface area contributed by atoms with Crippen LogP contribution in [0.5, 0.6) is 0 Å². The molecule has 0 spiro atoms. The summed E-state index contributed by atoms with van der Waals surface area (Å²) in [5.41, 5.74) is 3.29. The number of hydrogen-bond acceptors (Lipinski definition) is 3. The Morgan fingerprint density at radius 3 is 2.60 bits per heavy atom. The first-order valence-corrected chi connectivity index (χ1v) is 9.01. The summed E-state index contributed by atoms with van der Waals surface area (Å²) in [6.07, 6.45) is 4.70. The molecular formula is C20H27N3O2. The first-order chi connectivity index (χ1) is 12.0. The Morgan fingerprint density at radius 2 is 1.88 bits per heavy atom. The molecule has 0 radical (unpaired) electrons. The first kappa shape index (κ1) is 17.7. The van der Waals surface area contributed by atoms with Crippen LogP contribution in [0.25, 0.3) is 0 Å². The fourth-order valence-electron chi connectivity index (χ4n) is 3.88. The average Bonchev–Trinajstić information content (AvgIpc) is 2.95. The maximum absolute atomic E-state index is 12.2. The predicted molar refractivity (Wildman–Crippen MR) is 99.0 cm³/mol. The van der Waals surface area contributed by atoms with Crippen molar-refractivity contribution in [1.29, 1.82) is 0 Å². The predicted octanol–water partition coefficient (Wildman–Crippen LogP) is 2.55. The molecule has 1 aliphatic heterocycles. The van der Waals surface area contributed by atoms with Crippen molar-refractivity contribution in [3.63, 3.8) is 0 Å². The van der Waals surface area contributed by atoms with Crippen LogP contribution in [0.1, 0.15) is 32.3 Å². The highest BCUT2D eigenvalue weighted by molar-refractivity contribution is 5.88. The molecule has 1 fully saturated rings. The summed E-state index contributed by atoms with van der Waals surface area (Å²) in [7, 11) is 0. The van der Waals surface area contributed by atoms with E-state index in [0.717, 1.165) is 42.6 Å². The number of allylic oxidation sites excluding steroid dienone is 2. The second-order valence-corrected chi connectivity index (χ2v) is 7.36. The van der Waals surface area contributed by atoms with Gasteiger partial charge in [-0.05, 0) is 49.3 Å². The third kappa shape index (κ3) is 4.92. The van der Waals surface area contributed by atoms with E-state index in [1.807, 2.05) is 24.3 Å². The molecule has 1 aromatic rings. The molecule has 2 amide bonds. The largest absolute Gasteiger partial charge is 0.351 e. The summed E-state index contributed by atoms with van der Waals surface area (Å²) < 4.78 is 0. The topological polar surface area (TPSA) is 61.4 Å². The minimum atomic E-state index is -0.0855. The van der Waals surface area contributed by atoms with Crippen LogP contribution in [-0.4, -0.2) is 36.3 Å². The van der Waals surface area contributed by atoms with Crippen LogP contribution in [0.15, 0.2) is 35.9 Å². The molecule has 1 saturated heterocycles.